The van der Waals surface area contributed by atoms with E-state index in [9.17, 15) is 0 Å². The zero-order valence-corrected chi connectivity index (χ0v) is 15.9. The van der Waals surface area contributed by atoms with Crippen molar-refractivity contribution in [1.29, 1.82) is 0 Å². The second-order valence-electron chi connectivity index (χ2n) is 6.87. The quantitative estimate of drug-likeness (QED) is 0.701. The van der Waals surface area contributed by atoms with Gasteiger partial charge in [0.1, 0.15) is 0 Å². The summed E-state index contributed by atoms with van der Waals surface area (Å²) in [4.78, 5) is 7.57. The zero-order valence-electron chi connectivity index (χ0n) is 15.9. The smallest absolute Gasteiger partial charge is 0.0724 e. The van der Waals surface area contributed by atoms with Crippen molar-refractivity contribution in [3.05, 3.63) is 70.3 Å². The van der Waals surface area contributed by atoms with Gasteiger partial charge in [-0.15, -0.1) is 0 Å². The fraction of sp³-hybridized carbons (Fsp3) is 0.435. The van der Waals surface area contributed by atoms with E-state index < -0.39 is 0 Å². The highest BCUT2D eigenvalue weighted by Crippen LogP contribution is 2.27. The molecule has 0 radical (unpaired) electrons. The van der Waals surface area contributed by atoms with Crippen LogP contribution < -0.4 is 0 Å². The Hall–Kier alpha value is -1.93. The third-order valence-electron chi connectivity index (χ3n) is 5.38. The van der Waals surface area contributed by atoms with Gasteiger partial charge in [-0.1, -0.05) is 56.3 Å². The van der Waals surface area contributed by atoms with Crippen LogP contribution in [0, 0.1) is 6.92 Å². The second kappa shape index (κ2) is 8.44. The average Bonchev–Trinajstić information content (AvgIpc) is 2.80. The molecule has 0 N–H and O–H groups in total. The molecule has 3 rings (SSSR count). The summed E-state index contributed by atoms with van der Waals surface area (Å²) in [6, 6.07) is 15.5. The van der Waals surface area contributed by atoms with Gasteiger partial charge in [0.25, 0.3) is 0 Å². The Kier molecular flexibility index (Phi) is 6.04. The number of aliphatic imine (C=N–C) groups is 1. The molecule has 2 heteroatoms. The summed E-state index contributed by atoms with van der Waals surface area (Å²) < 4.78 is 0. The van der Waals surface area contributed by atoms with Crippen molar-refractivity contribution >= 4 is 5.71 Å². The highest BCUT2D eigenvalue weighted by Gasteiger charge is 2.19. The number of hydrogen-bond acceptors (Lipinski definition) is 2. The van der Waals surface area contributed by atoms with Crippen molar-refractivity contribution in [2.24, 2.45) is 4.99 Å². The largest absolute Gasteiger partial charge is 0.304 e. The van der Waals surface area contributed by atoms with Crippen LogP contribution in [0.4, 0.5) is 0 Å². The maximum atomic E-state index is 5.10. The van der Waals surface area contributed by atoms with Gasteiger partial charge in [-0.05, 0) is 62.5 Å². The first-order valence-electron chi connectivity index (χ1n) is 9.68. The van der Waals surface area contributed by atoms with Crippen LogP contribution in [0.2, 0.25) is 0 Å². The Balaban J connectivity index is 1.91. The fourth-order valence-electron chi connectivity index (χ4n) is 3.83. The molecule has 0 saturated heterocycles. The summed E-state index contributed by atoms with van der Waals surface area (Å²) in [6.45, 7) is 11.0. The lowest BCUT2D eigenvalue weighted by molar-refractivity contribution is 0.302. The molecule has 2 aromatic carbocycles. The van der Waals surface area contributed by atoms with Crippen molar-refractivity contribution in [3.8, 4) is 0 Å². The number of aryl methyl sites for hydroxylation is 2. The van der Waals surface area contributed by atoms with Gasteiger partial charge in [-0.2, -0.15) is 0 Å². The van der Waals surface area contributed by atoms with E-state index in [-0.39, 0.29) is 0 Å². The third kappa shape index (κ3) is 4.01. The van der Waals surface area contributed by atoms with Crippen molar-refractivity contribution in [1.82, 2.24) is 4.90 Å². The molecule has 0 fully saturated rings. The minimum atomic E-state index is 0.896. The van der Waals surface area contributed by atoms with Crippen molar-refractivity contribution in [2.45, 2.75) is 40.0 Å². The maximum absolute atomic E-state index is 5.10. The van der Waals surface area contributed by atoms with E-state index in [1.807, 2.05) is 0 Å². The molecule has 0 spiro atoms. The molecular formula is C23H30N2. The second-order valence-corrected chi connectivity index (χ2v) is 6.87. The van der Waals surface area contributed by atoms with E-state index in [2.05, 4.69) is 68.1 Å². The lowest BCUT2D eigenvalue weighted by Gasteiger charge is -2.17. The van der Waals surface area contributed by atoms with Gasteiger partial charge in [-0.3, -0.25) is 4.99 Å². The number of fused-ring (bicyclic) bond motifs is 2. The molecule has 0 bridgehead atoms. The minimum absolute atomic E-state index is 0.896. The van der Waals surface area contributed by atoms with Crippen LogP contribution in [0.1, 0.15) is 48.1 Å². The summed E-state index contributed by atoms with van der Waals surface area (Å²) in [6.07, 6.45) is 3.33. The summed E-state index contributed by atoms with van der Waals surface area (Å²) in [7, 11) is 0. The van der Waals surface area contributed by atoms with E-state index in [0.29, 0.717) is 0 Å². The first kappa shape index (κ1) is 17.9. The topological polar surface area (TPSA) is 15.6 Å². The van der Waals surface area contributed by atoms with E-state index >= 15 is 0 Å². The first-order valence-corrected chi connectivity index (χ1v) is 9.68. The standard InChI is InChI=1S/C23H30N2/c1-4-25(5-2)17-9-16-24-23-21-12-7-6-11-19(21)14-15-20-18(3)10-8-13-22(20)23/h6-8,10-13H,4-5,9,14-17H2,1-3H3/b24-23-. The minimum Gasteiger partial charge on any atom is -0.304 e. The SMILES string of the molecule is CCN(CC)CCC/N=C1/c2ccccc2CCc2c(C)cccc21. The molecule has 2 nitrogen and oxygen atoms in total. The fourth-order valence-corrected chi connectivity index (χ4v) is 3.83. The lowest BCUT2D eigenvalue weighted by Crippen LogP contribution is -2.24. The lowest BCUT2D eigenvalue weighted by atomic mass is 9.95. The molecule has 0 amide bonds. The van der Waals surface area contributed by atoms with Crippen molar-refractivity contribution in [2.75, 3.05) is 26.2 Å². The molecule has 0 heterocycles. The molecule has 1 aliphatic rings. The van der Waals surface area contributed by atoms with E-state index in [4.69, 9.17) is 4.99 Å². The van der Waals surface area contributed by atoms with Crippen molar-refractivity contribution in [3.63, 3.8) is 0 Å². The molecule has 0 aliphatic heterocycles. The molecule has 0 unspecified atom stereocenters. The van der Waals surface area contributed by atoms with Crippen LogP contribution >= 0.6 is 0 Å². The zero-order chi connectivity index (χ0) is 17.6. The molecule has 0 saturated carbocycles. The monoisotopic (exact) mass is 334 g/mol. The summed E-state index contributed by atoms with van der Waals surface area (Å²) in [5.74, 6) is 0. The van der Waals surface area contributed by atoms with E-state index in [1.165, 1.54) is 33.5 Å². The van der Waals surface area contributed by atoms with Crippen LogP contribution in [-0.4, -0.2) is 36.8 Å². The Morgan fingerprint density at radius 2 is 1.68 bits per heavy atom. The Morgan fingerprint density at radius 3 is 2.48 bits per heavy atom. The molecule has 2 aromatic rings. The number of hydrogen-bond donors (Lipinski definition) is 0. The Morgan fingerprint density at radius 1 is 0.920 bits per heavy atom. The van der Waals surface area contributed by atoms with Gasteiger partial charge in [0.15, 0.2) is 0 Å². The van der Waals surface area contributed by atoms with Gasteiger partial charge in [0.2, 0.25) is 0 Å². The summed E-state index contributed by atoms with van der Waals surface area (Å²) in [5, 5.41) is 0. The van der Waals surface area contributed by atoms with Crippen LogP contribution in [0.25, 0.3) is 0 Å². The van der Waals surface area contributed by atoms with E-state index in [0.717, 1.165) is 45.4 Å². The van der Waals surface area contributed by atoms with Gasteiger partial charge in [-0.25, -0.2) is 0 Å². The Bertz CT molecular complexity index is 742. The van der Waals surface area contributed by atoms with Crippen molar-refractivity contribution < 1.29 is 0 Å². The maximum Gasteiger partial charge on any atom is 0.0724 e. The molecule has 25 heavy (non-hydrogen) atoms. The molecule has 0 aromatic heterocycles. The van der Waals surface area contributed by atoms with Crippen LogP contribution in [0.5, 0.6) is 0 Å². The average molecular weight is 335 g/mol. The number of nitrogens with zero attached hydrogens (tertiary/aromatic N) is 2. The van der Waals surface area contributed by atoms with E-state index in [1.54, 1.807) is 0 Å². The Labute approximate surface area is 152 Å². The molecule has 1 aliphatic carbocycles. The van der Waals surface area contributed by atoms with Crippen LogP contribution in [0.15, 0.2) is 47.5 Å². The summed E-state index contributed by atoms with van der Waals surface area (Å²) in [5.41, 5.74) is 8.16. The van der Waals surface area contributed by atoms with Crippen LogP contribution in [-0.2, 0) is 12.8 Å². The summed E-state index contributed by atoms with van der Waals surface area (Å²) >= 11 is 0. The van der Waals surface area contributed by atoms with Gasteiger partial charge >= 0.3 is 0 Å². The van der Waals surface area contributed by atoms with Gasteiger partial charge in [0.05, 0.1) is 5.71 Å². The molecule has 0 atom stereocenters. The van der Waals surface area contributed by atoms with Crippen LogP contribution in [0.3, 0.4) is 0 Å². The number of rotatable bonds is 6. The normalized spacial score (nSPS) is 15.1. The highest BCUT2D eigenvalue weighted by atomic mass is 15.1. The third-order valence-corrected chi connectivity index (χ3v) is 5.38. The van der Waals surface area contributed by atoms with Gasteiger partial charge in [0, 0.05) is 17.7 Å². The predicted molar refractivity (Wildman–Crippen MR) is 108 cm³/mol. The number of benzene rings is 2. The van der Waals surface area contributed by atoms with Gasteiger partial charge < -0.3 is 4.90 Å². The molecular weight excluding hydrogens is 304 g/mol. The predicted octanol–water partition coefficient (Wildman–Crippen LogP) is 4.66. The highest BCUT2D eigenvalue weighted by molar-refractivity contribution is 6.15. The molecule has 132 valence electrons. The first-order chi connectivity index (χ1) is 12.2.